The number of nitrogens with two attached hydrogens (primary N) is 1. The summed E-state index contributed by atoms with van der Waals surface area (Å²) < 4.78 is 5.20. The normalized spacial score (nSPS) is 10.7. The summed E-state index contributed by atoms with van der Waals surface area (Å²) in [6, 6.07) is 13.8. The van der Waals surface area contributed by atoms with Crippen molar-refractivity contribution in [2.75, 3.05) is 12.8 Å². The number of methoxy groups -OCH3 is 1. The molecule has 21 heavy (non-hydrogen) atoms. The molecule has 2 heterocycles. The number of hydrogen-bond donors (Lipinski definition) is 1. The molecule has 0 unspecified atom stereocenters. The van der Waals surface area contributed by atoms with E-state index >= 15 is 0 Å². The molecule has 2 N–H and O–H groups in total. The highest BCUT2D eigenvalue weighted by Gasteiger charge is 2.06. The maximum atomic E-state index is 6.06. The van der Waals surface area contributed by atoms with Crippen LogP contribution in [0.4, 0.5) is 5.82 Å². The van der Waals surface area contributed by atoms with Gasteiger partial charge in [-0.2, -0.15) is 0 Å². The third-order valence-corrected chi connectivity index (χ3v) is 4.14. The van der Waals surface area contributed by atoms with Gasteiger partial charge in [-0.05, 0) is 30.3 Å². The van der Waals surface area contributed by atoms with Crippen molar-refractivity contribution in [1.29, 1.82) is 0 Å². The van der Waals surface area contributed by atoms with E-state index in [0.29, 0.717) is 5.82 Å². The van der Waals surface area contributed by atoms with E-state index in [2.05, 4.69) is 16.0 Å². The number of benzene rings is 1. The van der Waals surface area contributed by atoms with Gasteiger partial charge in [0, 0.05) is 29.0 Å². The van der Waals surface area contributed by atoms with Crippen LogP contribution < -0.4 is 10.5 Å². The van der Waals surface area contributed by atoms with Gasteiger partial charge in [-0.25, -0.2) is 9.97 Å². The lowest BCUT2D eigenvalue weighted by molar-refractivity contribution is 0.415. The second kappa shape index (κ2) is 6.01. The van der Waals surface area contributed by atoms with Crippen LogP contribution in [0.25, 0.3) is 10.9 Å². The Morgan fingerprint density at radius 2 is 2.10 bits per heavy atom. The first-order valence-electron chi connectivity index (χ1n) is 6.53. The van der Waals surface area contributed by atoms with Crippen LogP contribution in [-0.2, 0) is 5.75 Å². The molecule has 2 aromatic heterocycles. The van der Waals surface area contributed by atoms with Crippen molar-refractivity contribution < 1.29 is 4.74 Å². The quantitative estimate of drug-likeness (QED) is 0.747. The lowest BCUT2D eigenvalue weighted by Crippen LogP contribution is -1.97. The number of pyridine rings is 2. The first-order valence-corrected chi connectivity index (χ1v) is 7.52. The molecule has 1 aromatic carbocycles. The molecule has 0 spiro atoms. The summed E-state index contributed by atoms with van der Waals surface area (Å²) in [5.74, 6) is 2.09. The summed E-state index contributed by atoms with van der Waals surface area (Å²) in [5.41, 5.74) is 7.92. The lowest BCUT2D eigenvalue weighted by Gasteiger charge is -2.08. The fourth-order valence-corrected chi connectivity index (χ4v) is 2.88. The molecular weight excluding hydrogens is 282 g/mol. The fourth-order valence-electron chi connectivity index (χ4n) is 2.03. The van der Waals surface area contributed by atoms with Gasteiger partial charge >= 0.3 is 0 Å². The molecule has 106 valence electrons. The predicted molar refractivity (Wildman–Crippen MR) is 86.5 cm³/mol. The lowest BCUT2D eigenvalue weighted by atomic mass is 10.1. The topological polar surface area (TPSA) is 61.0 Å². The van der Waals surface area contributed by atoms with E-state index in [9.17, 15) is 0 Å². The van der Waals surface area contributed by atoms with Crippen molar-refractivity contribution in [1.82, 2.24) is 9.97 Å². The highest BCUT2D eigenvalue weighted by Crippen LogP contribution is 2.27. The average molecular weight is 297 g/mol. The molecule has 5 heteroatoms. The Morgan fingerprint density at radius 1 is 1.19 bits per heavy atom. The summed E-state index contributed by atoms with van der Waals surface area (Å²) in [7, 11) is 1.64. The first kappa shape index (κ1) is 13.7. The molecule has 0 aliphatic heterocycles. The molecule has 0 saturated heterocycles. The predicted octanol–water partition coefficient (Wildman–Crippen LogP) is 3.51. The number of fused-ring (bicyclic) bond motifs is 1. The molecule has 0 radical (unpaired) electrons. The number of aromatic nitrogens is 2. The van der Waals surface area contributed by atoms with Gasteiger partial charge in [0.05, 0.1) is 17.7 Å². The Balaban J connectivity index is 1.87. The smallest absolute Gasteiger partial charge is 0.128 e. The van der Waals surface area contributed by atoms with Crippen molar-refractivity contribution in [2.45, 2.75) is 10.8 Å². The maximum Gasteiger partial charge on any atom is 0.128 e. The van der Waals surface area contributed by atoms with Gasteiger partial charge in [-0.3, -0.25) is 0 Å². The summed E-state index contributed by atoms with van der Waals surface area (Å²) >= 11 is 1.65. The third kappa shape index (κ3) is 3.08. The minimum atomic E-state index is 0.555. The van der Waals surface area contributed by atoms with Crippen LogP contribution in [0, 0.1) is 0 Å². The van der Waals surface area contributed by atoms with Gasteiger partial charge in [0.2, 0.25) is 0 Å². The van der Waals surface area contributed by atoms with Crippen LogP contribution in [0.2, 0.25) is 0 Å². The summed E-state index contributed by atoms with van der Waals surface area (Å²) in [6.45, 7) is 0. The highest BCUT2D eigenvalue weighted by atomic mass is 32.2. The number of nitrogens with zero attached hydrogens (tertiary/aromatic N) is 2. The van der Waals surface area contributed by atoms with E-state index in [-0.39, 0.29) is 0 Å². The number of nitrogen functional groups attached to an aromatic ring is 1. The van der Waals surface area contributed by atoms with E-state index in [1.165, 1.54) is 0 Å². The van der Waals surface area contributed by atoms with Crippen molar-refractivity contribution in [3.63, 3.8) is 0 Å². The van der Waals surface area contributed by atoms with Crippen LogP contribution in [-0.4, -0.2) is 17.1 Å². The SMILES string of the molecule is COc1ccc2cc(CSc3ccccn3)c(N)nc2c1. The number of rotatable bonds is 4. The van der Waals surface area contributed by atoms with Crippen molar-refractivity contribution >= 4 is 28.5 Å². The molecule has 0 aliphatic carbocycles. The molecule has 4 nitrogen and oxygen atoms in total. The fraction of sp³-hybridized carbons (Fsp3) is 0.125. The van der Waals surface area contributed by atoms with E-state index in [1.54, 1.807) is 25.1 Å². The van der Waals surface area contributed by atoms with Crippen LogP contribution in [0.15, 0.2) is 53.7 Å². The molecule has 3 rings (SSSR count). The molecule has 0 saturated carbocycles. The van der Waals surface area contributed by atoms with E-state index in [4.69, 9.17) is 10.5 Å². The van der Waals surface area contributed by atoms with Gasteiger partial charge in [-0.1, -0.05) is 6.07 Å². The largest absolute Gasteiger partial charge is 0.497 e. The van der Waals surface area contributed by atoms with E-state index < -0.39 is 0 Å². The number of hydrogen-bond acceptors (Lipinski definition) is 5. The molecule has 0 fully saturated rings. The second-order valence-corrected chi connectivity index (χ2v) is 5.54. The van der Waals surface area contributed by atoms with E-state index in [0.717, 1.165) is 33.0 Å². The zero-order chi connectivity index (χ0) is 14.7. The van der Waals surface area contributed by atoms with Crippen LogP contribution >= 0.6 is 11.8 Å². The molecular formula is C16H15N3OS. The molecule has 0 amide bonds. The summed E-state index contributed by atoms with van der Waals surface area (Å²) in [4.78, 5) is 8.75. The summed E-state index contributed by atoms with van der Waals surface area (Å²) in [5, 5.41) is 2.04. The maximum absolute atomic E-state index is 6.06. The Labute approximate surface area is 127 Å². The van der Waals surface area contributed by atoms with Gasteiger partial charge in [-0.15, -0.1) is 11.8 Å². The van der Waals surface area contributed by atoms with Gasteiger partial charge < -0.3 is 10.5 Å². The Kier molecular flexibility index (Phi) is 3.92. The van der Waals surface area contributed by atoms with Gasteiger partial charge in [0.15, 0.2) is 0 Å². The van der Waals surface area contributed by atoms with Crippen LogP contribution in [0.5, 0.6) is 5.75 Å². The number of thioether (sulfide) groups is 1. The zero-order valence-corrected chi connectivity index (χ0v) is 12.4. The number of anilines is 1. The van der Waals surface area contributed by atoms with Gasteiger partial charge in [0.25, 0.3) is 0 Å². The average Bonchev–Trinajstić information content (AvgIpc) is 2.53. The van der Waals surface area contributed by atoms with Crippen molar-refractivity contribution in [2.24, 2.45) is 0 Å². The van der Waals surface area contributed by atoms with Crippen molar-refractivity contribution in [3.8, 4) is 5.75 Å². The van der Waals surface area contributed by atoms with Crippen LogP contribution in [0.3, 0.4) is 0 Å². The van der Waals surface area contributed by atoms with Crippen LogP contribution in [0.1, 0.15) is 5.56 Å². The zero-order valence-electron chi connectivity index (χ0n) is 11.6. The minimum absolute atomic E-state index is 0.555. The van der Waals surface area contributed by atoms with Crippen molar-refractivity contribution in [3.05, 3.63) is 54.2 Å². The van der Waals surface area contributed by atoms with Gasteiger partial charge in [0.1, 0.15) is 11.6 Å². The Hall–Kier alpha value is -2.27. The minimum Gasteiger partial charge on any atom is -0.497 e. The summed E-state index contributed by atoms with van der Waals surface area (Å²) in [6.07, 6.45) is 1.79. The third-order valence-electron chi connectivity index (χ3n) is 3.15. The molecule has 0 bridgehead atoms. The monoisotopic (exact) mass is 297 g/mol. The highest BCUT2D eigenvalue weighted by molar-refractivity contribution is 7.98. The number of ether oxygens (including phenoxy) is 1. The molecule has 0 atom stereocenters. The molecule has 0 aliphatic rings. The Morgan fingerprint density at radius 3 is 2.86 bits per heavy atom. The van der Waals surface area contributed by atoms with E-state index in [1.807, 2.05) is 36.4 Å². The molecule has 3 aromatic rings. The first-order chi connectivity index (χ1) is 10.3. The second-order valence-electron chi connectivity index (χ2n) is 4.55. The Bertz CT molecular complexity index is 762. The standard InChI is InChI=1S/C16H15N3OS/c1-20-13-6-5-11-8-12(16(17)19-14(11)9-13)10-21-15-4-2-3-7-18-15/h2-9H,10H2,1H3,(H2,17,19).